The van der Waals surface area contributed by atoms with Crippen LogP contribution in [0, 0.1) is 0 Å². The number of unbranched alkanes of at least 4 members (excludes halogenated alkanes) is 3. The number of hydrogen-bond acceptors (Lipinski definition) is 5. The van der Waals surface area contributed by atoms with E-state index in [9.17, 15) is 0 Å². The third kappa shape index (κ3) is 12.5. The molecule has 55 heavy (non-hydrogen) atoms. The van der Waals surface area contributed by atoms with Crippen LogP contribution in [0.4, 0.5) is 0 Å². The maximum atomic E-state index is 7.61. The summed E-state index contributed by atoms with van der Waals surface area (Å²) in [6.45, 7) is 21.6. The fourth-order valence-corrected chi connectivity index (χ4v) is 30.4. The van der Waals surface area contributed by atoms with Crippen molar-refractivity contribution in [3.8, 4) is 5.75 Å². The summed E-state index contributed by atoms with van der Waals surface area (Å²) in [5.41, 5.74) is 1.15. The Labute approximate surface area is 340 Å². The van der Waals surface area contributed by atoms with E-state index < -0.39 is 32.5 Å². The van der Waals surface area contributed by atoms with E-state index in [1.165, 1.54) is 62.2 Å². The van der Waals surface area contributed by atoms with Crippen LogP contribution < -0.4 is 15.1 Å². The third-order valence-electron chi connectivity index (χ3n) is 11.8. The first-order valence-corrected chi connectivity index (χ1v) is 30.8. The SMILES string of the molecule is CCC[CH2][Sn]([CH2]CCC)([CH2]CCC)/[C](=C/CO[Si](c1ccccc1)(c1ccccc1)C(C)(C)C)C[C@H](C[C@H]1OC(C)(C)O[C@@H]1C)OCc1ccc(OC)cc1. The molecule has 1 fully saturated rings. The Morgan fingerprint density at radius 1 is 0.800 bits per heavy atom. The van der Waals surface area contributed by atoms with Gasteiger partial charge in [-0.15, -0.1) is 0 Å². The van der Waals surface area contributed by atoms with Gasteiger partial charge in [0.25, 0.3) is 0 Å². The first-order chi connectivity index (χ1) is 26.3. The fourth-order valence-electron chi connectivity index (χ4n) is 8.85. The number of ether oxygens (including phenoxy) is 4. The molecule has 0 saturated carbocycles. The van der Waals surface area contributed by atoms with Crippen LogP contribution in [0.25, 0.3) is 0 Å². The standard InChI is InChI=1S/C36H47O5Si.3C4H9.Sn/c1-28-34(41-36(5,6)40-28)26-31(38-27-29-21-23-30(37-7)24-22-29)16-14-15-25-39-42(35(2,3)4,32-17-10-8-11-18-32)33-19-12-9-13-20-33;3*1-3-4-2;/h8-13,15,17-24,28,31,34H,16,25-27H2,1-7H3;3*1,3-4H2,2H3;/t28-,31-,34-;;;;/m1..../s1. The van der Waals surface area contributed by atoms with Gasteiger partial charge in [-0.25, -0.2) is 0 Å². The molecular weight excluding hydrogens is 803 g/mol. The summed E-state index contributed by atoms with van der Waals surface area (Å²) in [6, 6.07) is 30.5. The number of rotatable bonds is 23. The van der Waals surface area contributed by atoms with Gasteiger partial charge in [0.15, 0.2) is 0 Å². The number of methoxy groups -OCH3 is 1. The normalized spacial score (nSPS) is 18.4. The van der Waals surface area contributed by atoms with Crippen LogP contribution in [-0.2, 0) is 25.2 Å². The molecule has 304 valence electrons. The molecular formula is C48H74O5SiSn. The van der Waals surface area contributed by atoms with Gasteiger partial charge in [-0.3, -0.25) is 0 Å². The Morgan fingerprint density at radius 2 is 1.33 bits per heavy atom. The molecule has 0 spiro atoms. The van der Waals surface area contributed by atoms with E-state index >= 15 is 0 Å². The van der Waals surface area contributed by atoms with Crippen LogP contribution in [0.3, 0.4) is 0 Å². The van der Waals surface area contributed by atoms with Gasteiger partial charge in [-0.05, 0) is 0 Å². The quantitative estimate of drug-likeness (QED) is 0.0888. The molecule has 1 saturated heterocycles. The molecule has 3 aromatic carbocycles. The zero-order valence-electron chi connectivity index (χ0n) is 36.1. The van der Waals surface area contributed by atoms with Crippen LogP contribution in [0.2, 0.25) is 18.3 Å². The Kier molecular flexibility index (Phi) is 18.1. The third-order valence-corrected chi connectivity index (χ3v) is 33.1. The minimum atomic E-state index is -2.98. The predicted molar refractivity (Wildman–Crippen MR) is 237 cm³/mol. The topological polar surface area (TPSA) is 46.2 Å². The zero-order chi connectivity index (χ0) is 40.0. The predicted octanol–water partition coefficient (Wildman–Crippen LogP) is 11.8. The second-order valence-electron chi connectivity index (χ2n) is 17.4. The molecule has 1 aliphatic heterocycles. The van der Waals surface area contributed by atoms with E-state index in [1.807, 2.05) is 26.0 Å². The first-order valence-electron chi connectivity index (χ1n) is 21.4. The molecule has 0 unspecified atom stereocenters. The number of benzene rings is 3. The van der Waals surface area contributed by atoms with E-state index in [2.05, 4.69) is 127 Å². The van der Waals surface area contributed by atoms with Crippen molar-refractivity contribution in [2.45, 2.75) is 163 Å². The van der Waals surface area contributed by atoms with Crippen molar-refractivity contribution >= 4 is 37.1 Å². The molecule has 1 aliphatic rings. The number of hydrogen-bond donors (Lipinski definition) is 0. The summed E-state index contributed by atoms with van der Waals surface area (Å²) in [6.07, 6.45) is 11.9. The van der Waals surface area contributed by atoms with E-state index in [4.69, 9.17) is 23.4 Å². The zero-order valence-corrected chi connectivity index (χ0v) is 40.0. The molecule has 1 heterocycles. The summed E-state index contributed by atoms with van der Waals surface area (Å²) in [5, 5.41) is 2.58. The van der Waals surface area contributed by atoms with Crippen molar-refractivity contribution in [3.05, 3.63) is 100 Å². The van der Waals surface area contributed by atoms with Crippen molar-refractivity contribution in [2.75, 3.05) is 13.7 Å². The summed E-state index contributed by atoms with van der Waals surface area (Å²) in [5.74, 6) is 0.264. The molecule has 3 atom stereocenters. The molecule has 5 nitrogen and oxygen atoms in total. The molecule has 3 aromatic rings. The van der Waals surface area contributed by atoms with Crippen molar-refractivity contribution in [2.24, 2.45) is 0 Å². The summed E-state index contributed by atoms with van der Waals surface area (Å²) < 4.78 is 38.9. The Morgan fingerprint density at radius 3 is 1.76 bits per heavy atom. The van der Waals surface area contributed by atoms with Crippen molar-refractivity contribution < 1.29 is 23.4 Å². The van der Waals surface area contributed by atoms with Gasteiger partial charge in [-0.2, -0.15) is 0 Å². The molecule has 0 N–H and O–H groups in total. The van der Waals surface area contributed by atoms with Crippen LogP contribution in [0.5, 0.6) is 5.75 Å². The molecule has 0 amide bonds. The van der Waals surface area contributed by atoms with Crippen molar-refractivity contribution in [3.63, 3.8) is 0 Å². The van der Waals surface area contributed by atoms with E-state index in [0.717, 1.165) is 24.2 Å². The molecule has 0 aromatic heterocycles. The Bertz CT molecular complexity index is 1490. The molecule has 0 radical (unpaired) electrons. The van der Waals surface area contributed by atoms with E-state index in [-0.39, 0.29) is 23.4 Å². The minimum absolute atomic E-state index is 0.00143. The van der Waals surface area contributed by atoms with E-state index in [1.54, 1.807) is 10.7 Å². The molecule has 0 aliphatic carbocycles. The summed E-state index contributed by atoms with van der Waals surface area (Å²) >= 11 is -2.98. The van der Waals surface area contributed by atoms with Gasteiger partial charge < -0.3 is 0 Å². The monoisotopic (exact) mass is 878 g/mol. The molecule has 4 rings (SSSR count). The molecule has 7 heteroatoms. The summed E-state index contributed by atoms with van der Waals surface area (Å²) in [4.78, 5) is 0. The average molecular weight is 878 g/mol. The summed E-state index contributed by atoms with van der Waals surface area (Å²) in [7, 11) is -0.997. The van der Waals surface area contributed by atoms with Crippen LogP contribution in [0.1, 0.15) is 119 Å². The van der Waals surface area contributed by atoms with Crippen molar-refractivity contribution in [1.29, 1.82) is 0 Å². The van der Waals surface area contributed by atoms with Gasteiger partial charge in [0.05, 0.1) is 0 Å². The first kappa shape index (κ1) is 45.8. The Balaban J connectivity index is 1.82. The van der Waals surface area contributed by atoms with Crippen LogP contribution in [-0.4, -0.2) is 64.5 Å². The Hall–Kier alpha value is -1.94. The van der Waals surface area contributed by atoms with Gasteiger partial charge in [0, 0.05) is 0 Å². The fraction of sp³-hybridized carbons (Fsp3) is 0.583. The van der Waals surface area contributed by atoms with Crippen LogP contribution in [0.15, 0.2) is 94.6 Å². The van der Waals surface area contributed by atoms with E-state index in [0.29, 0.717) is 13.2 Å². The van der Waals surface area contributed by atoms with Gasteiger partial charge >= 0.3 is 343 Å². The van der Waals surface area contributed by atoms with Gasteiger partial charge in [-0.1, -0.05) is 0 Å². The maximum absolute atomic E-state index is 7.61. The van der Waals surface area contributed by atoms with Crippen molar-refractivity contribution in [1.82, 2.24) is 0 Å². The second-order valence-corrected chi connectivity index (χ2v) is 35.1. The van der Waals surface area contributed by atoms with Crippen LogP contribution >= 0.6 is 0 Å². The molecule has 0 bridgehead atoms. The average Bonchev–Trinajstić information content (AvgIpc) is 3.44. The second kappa shape index (κ2) is 21.7. The van der Waals surface area contributed by atoms with Gasteiger partial charge in [0.2, 0.25) is 0 Å². The van der Waals surface area contributed by atoms with Gasteiger partial charge in [0.1, 0.15) is 0 Å².